The molecule has 0 saturated carbocycles. The minimum atomic E-state index is -5.23. The Morgan fingerprint density at radius 1 is 1.14 bits per heavy atom. The zero-order valence-electron chi connectivity index (χ0n) is 16.6. The summed E-state index contributed by atoms with van der Waals surface area (Å²) in [6.07, 6.45) is -5.81. The Labute approximate surface area is 170 Å². The maximum Gasteiger partial charge on any atom is 0.433 e. The van der Waals surface area contributed by atoms with Crippen molar-refractivity contribution in [2.45, 2.75) is 38.3 Å². The SMILES string of the molecule is C=P(C)(C)C(C)Cc1cc(-c2nn(C)c(C(F)(F)F)c2C(F)(F)F)c(C)cc1Cl. The molecule has 0 fully saturated rings. The smallest absolute Gasteiger partial charge is 0.262 e. The van der Waals surface area contributed by atoms with Gasteiger partial charge in [-0.3, -0.25) is 4.68 Å². The summed E-state index contributed by atoms with van der Waals surface area (Å²) in [5, 5.41) is 3.96. The minimum Gasteiger partial charge on any atom is -0.262 e. The molecule has 0 radical (unpaired) electrons. The fourth-order valence-electron chi connectivity index (χ4n) is 3.00. The molecule has 10 heteroatoms. The van der Waals surface area contributed by atoms with E-state index in [1.165, 1.54) is 19.1 Å². The van der Waals surface area contributed by atoms with Crippen LogP contribution < -0.4 is 0 Å². The van der Waals surface area contributed by atoms with Gasteiger partial charge < -0.3 is 0 Å². The zero-order valence-corrected chi connectivity index (χ0v) is 18.3. The van der Waals surface area contributed by atoms with Crippen LogP contribution in [0.3, 0.4) is 0 Å². The van der Waals surface area contributed by atoms with E-state index in [4.69, 9.17) is 11.6 Å². The fraction of sp³-hybridized carbons (Fsp3) is 0.474. The fourth-order valence-corrected chi connectivity index (χ4v) is 3.99. The molecule has 0 bridgehead atoms. The minimum absolute atomic E-state index is 0.0183. The molecule has 1 heterocycles. The second-order valence-electron chi connectivity index (χ2n) is 7.78. The first-order valence-electron chi connectivity index (χ1n) is 8.63. The lowest BCUT2D eigenvalue weighted by Gasteiger charge is -2.23. The number of hydrogen-bond donors (Lipinski definition) is 0. The second-order valence-corrected chi connectivity index (χ2v) is 12.6. The zero-order chi connectivity index (χ0) is 22.5. The van der Waals surface area contributed by atoms with Crippen LogP contribution in [-0.2, 0) is 25.8 Å². The van der Waals surface area contributed by atoms with Crippen molar-refractivity contribution in [1.29, 1.82) is 0 Å². The van der Waals surface area contributed by atoms with Crippen LogP contribution in [0.15, 0.2) is 12.1 Å². The Hall–Kier alpha value is -1.40. The Morgan fingerprint density at radius 3 is 2.14 bits per heavy atom. The summed E-state index contributed by atoms with van der Waals surface area (Å²) in [6, 6.07) is 2.89. The van der Waals surface area contributed by atoms with Crippen molar-refractivity contribution in [3.05, 3.63) is 39.5 Å². The highest BCUT2D eigenvalue weighted by atomic mass is 35.5. The summed E-state index contributed by atoms with van der Waals surface area (Å²) in [5.41, 5.74) is -3.38. The van der Waals surface area contributed by atoms with E-state index in [-0.39, 0.29) is 15.9 Å². The van der Waals surface area contributed by atoms with Gasteiger partial charge in [0.05, 0.1) is 0 Å². The van der Waals surface area contributed by atoms with E-state index in [0.29, 0.717) is 22.6 Å². The van der Waals surface area contributed by atoms with E-state index < -0.39 is 36.2 Å². The van der Waals surface area contributed by atoms with Crippen molar-refractivity contribution in [3.8, 4) is 11.3 Å². The summed E-state index contributed by atoms with van der Waals surface area (Å²) in [7, 11) is 0.853. The van der Waals surface area contributed by atoms with Gasteiger partial charge in [-0.05, 0) is 55.6 Å². The van der Waals surface area contributed by atoms with Gasteiger partial charge >= 0.3 is 12.4 Å². The number of hydrogen-bond acceptors (Lipinski definition) is 1. The third-order valence-electron chi connectivity index (χ3n) is 4.96. The van der Waals surface area contributed by atoms with Crippen LogP contribution in [-0.4, -0.2) is 35.1 Å². The molecule has 0 aliphatic carbocycles. The number of nitrogens with zero attached hydrogens (tertiary/aromatic N) is 2. The van der Waals surface area contributed by atoms with Gasteiger partial charge in [0.25, 0.3) is 0 Å². The Morgan fingerprint density at radius 2 is 1.69 bits per heavy atom. The lowest BCUT2D eigenvalue weighted by atomic mass is 9.96. The van der Waals surface area contributed by atoms with Crippen molar-refractivity contribution in [3.63, 3.8) is 0 Å². The third kappa shape index (κ3) is 5.02. The predicted molar refractivity (Wildman–Crippen MR) is 107 cm³/mol. The van der Waals surface area contributed by atoms with Crippen LogP contribution in [0.5, 0.6) is 0 Å². The molecule has 0 aliphatic rings. The molecule has 29 heavy (non-hydrogen) atoms. The Kier molecular flexibility index (Phi) is 6.33. The first kappa shape index (κ1) is 23.9. The standard InChI is InChI=1S/C19H22ClF6N2P/c1-10-7-14(20)12(8-11(2)29(4,5)6)9-13(10)16-15(18(21,22)23)17(19(24,25)26)28(3)27-16/h7,9,11H,4,8H2,1-3,5-6H3. The first-order valence-corrected chi connectivity index (χ1v) is 11.9. The van der Waals surface area contributed by atoms with E-state index in [1.807, 2.05) is 20.3 Å². The highest BCUT2D eigenvalue weighted by molar-refractivity contribution is 7.72. The number of benzene rings is 1. The van der Waals surface area contributed by atoms with Gasteiger partial charge in [-0.25, -0.2) is 0 Å². The van der Waals surface area contributed by atoms with Crippen molar-refractivity contribution < 1.29 is 26.3 Å². The molecule has 0 amide bonds. The van der Waals surface area contributed by atoms with E-state index in [2.05, 4.69) is 11.4 Å². The van der Waals surface area contributed by atoms with E-state index >= 15 is 0 Å². The molecule has 2 aromatic rings. The highest BCUT2D eigenvalue weighted by Crippen LogP contribution is 2.47. The van der Waals surface area contributed by atoms with Crippen molar-refractivity contribution in [2.24, 2.45) is 7.05 Å². The van der Waals surface area contributed by atoms with Crippen LogP contribution in [0, 0.1) is 6.92 Å². The van der Waals surface area contributed by atoms with Crippen LogP contribution in [0.2, 0.25) is 5.02 Å². The monoisotopic (exact) mass is 458 g/mol. The molecule has 162 valence electrons. The molecule has 2 rings (SSSR count). The quantitative estimate of drug-likeness (QED) is 0.367. The molecule has 1 atom stereocenters. The number of halogens is 7. The predicted octanol–water partition coefficient (Wildman–Crippen LogP) is 6.73. The Balaban J connectivity index is 2.76. The number of rotatable bonds is 4. The molecule has 0 spiro atoms. The molecule has 0 saturated heterocycles. The van der Waals surface area contributed by atoms with Gasteiger partial charge in [0.15, 0.2) is 5.69 Å². The van der Waals surface area contributed by atoms with Gasteiger partial charge in [-0.15, -0.1) is 13.2 Å². The van der Waals surface area contributed by atoms with Crippen LogP contribution in [0.25, 0.3) is 11.3 Å². The molecular weight excluding hydrogens is 437 g/mol. The average Bonchev–Trinajstić information content (AvgIpc) is 2.86. The molecule has 1 aromatic heterocycles. The summed E-state index contributed by atoms with van der Waals surface area (Å²) in [5.74, 6) is 0. The van der Waals surface area contributed by atoms with Gasteiger partial charge in [-0.1, -0.05) is 18.5 Å². The van der Waals surface area contributed by atoms with Crippen LogP contribution >= 0.6 is 18.5 Å². The van der Waals surface area contributed by atoms with Gasteiger partial charge in [-0.2, -0.15) is 31.4 Å². The number of aryl methyl sites for hydroxylation is 2. The van der Waals surface area contributed by atoms with E-state index in [1.54, 1.807) is 0 Å². The Bertz CT molecular complexity index is 969. The lowest BCUT2D eigenvalue weighted by molar-refractivity contribution is -0.165. The molecular formula is C19H22ClF6N2P. The van der Waals surface area contributed by atoms with Crippen LogP contribution in [0.4, 0.5) is 26.3 Å². The van der Waals surface area contributed by atoms with Crippen LogP contribution in [0.1, 0.15) is 29.3 Å². The van der Waals surface area contributed by atoms with Gasteiger partial charge in [0.1, 0.15) is 11.3 Å². The van der Waals surface area contributed by atoms with Gasteiger partial charge in [0, 0.05) is 17.6 Å². The largest absolute Gasteiger partial charge is 0.433 e. The molecule has 0 N–H and O–H groups in total. The second kappa shape index (κ2) is 7.69. The topological polar surface area (TPSA) is 17.8 Å². The van der Waals surface area contributed by atoms with Crippen molar-refractivity contribution in [1.82, 2.24) is 9.78 Å². The third-order valence-corrected chi connectivity index (χ3v) is 7.88. The van der Waals surface area contributed by atoms with Crippen molar-refractivity contribution >= 4 is 24.8 Å². The summed E-state index contributed by atoms with van der Waals surface area (Å²) in [4.78, 5) is 0. The molecule has 1 aromatic carbocycles. The summed E-state index contributed by atoms with van der Waals surface area (Å²) in [6.45, 7) is 6.01. The molecule has 0 aliphatic heterocycles. The number of aromatic nitrogens is 2. The van der Waals surface area contributed by atoms with Gasteiger partial charge in [0.2, 0.25) is 0 Å². The normalized spacial score (nSPS) is 14.3. The average molecular weight is 459 g/mol. The number of alkyl halides is 6. The van der Waals surface area contributed by atoms with Crippen molar-refractivity contribution in [2.75, 3.05) is 13.3 Å². The maximum absolute atomic E-state index is 13.6. The van der Waals surface area contributed by atoms with E-state index in [0.717, 1.165) is 7.05 Å². The van der Waals surface area contributed by atoms with E-state index in [9.17, 15) is 26.3 Å². The highest BCUT2D eigenvalue weighted by Gasteiger charge is 2.49. The summed E-state index contributed by atoms with van der Waals surface area (Å²) >= 11 is 6.29. The summed E-state index contributed by atoms with van der Waals surface area (Å²) < 4.78 is 81.1. The molecule has 1 unspecified atom stereocenters. The molecule has 2 nitrogen and oxygen atoms in total. The lowest BCUT2D eigenvalue weighted by Crippen LogP contribution is -2.19. The maximum atomic E-state index is 13.6. The first-order chi connectivity index (χ1) is 12.9.